The van der Waals surface area contributed by atoms with Gasteiger partial charge in [0.15, 0.2) is 5.65 Å². The van der Waals surface area contributed by atoms with E-state index in [1.165, 1.54) is 0 Å². The minimum atomic E-state index is -0.287. The molecule has 0 saturated heterocycles. The van der Waals surface area contributed by atoms with Crippen molar-refractivity contribution in [3.8, 4) is 0 Å². The van der Waals surface area contributed by atoms with Crippen LogP contribution in [0.2, 0.25) is 0 Å². The molecule has 3 heterocycles. The van der Waals surface area contributed by atoms with Crippen molar-refractivity contribution in [1.29, 1.82) is 0 Å². The molecule has 0 spiro atoms. The largest absolute Gasteiger partial charge is 0.393 e. The van der Waals surface area contributed by atoms with E-state index in [1.54, 1.807) is 35.3 Å². The Morgan fingerprint density at radius 3 is 2.96 bits per heavy atom. The molecule has 7 heteroatoms. The Bertz CT molecular complexity index is 858. The monoisotopic (exact) mass is 323 g/mol. The molecule has 1 aliphatic carbocycles. The minimum absolute atomic E-state index is 0.183. The zero-order valence-corrected chi connectivity index (χ0v) is 12.9. The van der Waals surface area contributed by atoms with Crippen molar-refractivity contribution in [2.75, 3.05) is 0 Å². The molecule has 0 radical (unpaired) electrons. The Balaban J connectivity index is 1.58. The summed E-state index contributed by atoms with van der Waals surface area (Å²) in [5, 5.41) is 20.4. The van der Waals surface area contributed by atoms with Crippen LogP contribution in [0.25, 0.3) is 5.65 Å². The highest BCUT2D eigenvalue weighted by Crippen LogP contribution is 2.37. The maximum absolute atomic E-state index is 12.7. The van der Waals surface area contributed by atoms with Gasteiger partial charge in [-0.15, -0.1) is 10.2 Å². The number of amides is 1. The number of rotatable bonds is 4. The first-order valence-electron chi connectivity index (χ1n) is 7.90. The molecule has 0 aliphatic heterocycles. The average Bonchev–Trinajstić information content (AvgIpc) is 3.05. The fraction of sp³-hybridized carbons (Fsp3) is 0.294. The summed E-state index contributed by atoms with van der Waals surface area (Å²) in [4.78, 5) is 17.0. The summed E-state index contributed by atoms with van der Waals surface area (Å²) in [6.45, 7) is 0. The van der Waals surface area contributed by atoms with E-state index < -0.39 is 0 Å². The molecule has 2 N–H and O–H groups in total. The molecule has 3 aromatic heterocycles. The first kappa shape index (κ1) is 14.8. The lowest BCUT2D eigenvalue weighted by Crippen LogP contribution is -2.41. The quantitative estimate of drug-likeness (QED) is 0.756. The molecular weight excluding hydrogens is 306 g/mol. The van der Waals surface area contributed by atoms with Crippen LogP contribution in [0.15, 0.2) is 49.1 Å². The Hall–Kier alpha value is -2.80. The highest BCUT2D eigenvalue weighted by Gasteiger charge is 2.36. The first-order chi connectivity index (χ1) is 11.7. The molecule has 24 heavy (non-hydrogen) atoms. The summed E-state index contributed by atoms with van der Waals surface area (Å²) in [6.07, 6.45) is 6.11. The molecule has 4 rings (SSSR count). The van der Waals surface area contributed by atoms with Gasteiger partial charge in [0.25, 0.3) is 5.91 Å². The number of carbonyl (C=O) groups is 1. The maximum Gasteiger partial charge on any atom is 0.252 e. The number of carbonyl (C=O) groups excluding carboxylic acids is 1. The predicted molar refractivity (Wildman–Crippen MR) is 86.2 cm³/mol. The molecule has 3 aromatic rings. The van der Waals surface area contributed by atoms with Gasteiger partial charge in [-0.25, -0.2) is 0 Å². The van der Waals surface area contributed by atoms with Crippen LogP contribution < -0.4 is 5.32 Å². The highest BCUT2D eigenvalue weighted by atomic mass is 16.3. The first-order valence-corrected chi connectivity index (χ1v) is 7.90. The fourth-order valence-corrected chi connectivity index (χ4v) is 3.08. The predicted octanol–water partition coefficient (Wildman–Crippen LogP) is 1.37. The summed E-state index contributed by atoms with van der Waals surface area (Å²) in [7, 11) is 0. The third kappa shape index (κ3) is 2.74. The molecule has 1 atom stereocenters. The zero-order valence-electron chi connectivity index (χ0n) is 12.9. The number of pyridine rings is 2. The third-order valence-electron chi connectivity index (χ3n) is 4.48. The van der Waals surface area contributed by atoms with Crippen LogP contribution in [0, 0.1) is 5.92 Å². The molecule has 1 unspecified atom stereocenters. The molecule has 1 amide bonds. The molecular formula is C17H17N5O2. The fourth-order valence-electron chi connectivity index (χ4n) is 3.08. The smallest absolute Gasteiger partial charge is 0.252 e. The van der Waals surface area contributed by atoms with Gasteiger partial charge in [0.05, 0.1) is 17.8 Å². The van der Waals surface area contributed by atoms with Gasteiger partial charge in [-0.3, -0.25) is 14.2 Å². The second kappa shape index (κ2) is 6.01. The molecule has 122 valence electrons. The van der Waals surface area contributed by atoms with E-state index in [4.69, 9.17) is 0 Å². The summed E-state index contributed by atoms with van der Waals surface area (Å²) in [5.74, 6) is 0.00761. The molecule has 7 nitrogen and oxygen atoms in total. The topological polar surface area (TPSA) is 92.4 Å². The lowest BCUT2D eigenvalue weighted by Gasteiger charge is -2.37. The second-order valence-corrected chi connectivity index (χ2v) is 6.10. The lowest BCUT2D eigenvalue weighted by atomic mass is 9.76. The number of hydrogen-bond donors (Lipinski definition) is 2. The second-order valence-electron chi connectivity index (χ2n) is 6.10. The van der Waals surface area contributed by atoms with Crippen molar-refractivity contribution in [1.82, 2.24) is 24.9 Å². The number of nitrogens with zero attached hydrogens (tertiary/aromatic N) is 4. The molecule has 1 fully saturated rings. The van der Waals surface area contributed by atoms with E-state index in [1.807, 2.05) is 18.2 Å². The van der Waals surface area contributed by atoms with Gasteiger partial charge >= 0.3 is 0 Å². The zero-order chi connectivity index (χ0) is 16.5. The van der Waals surface area contributed by atoms with Gasteiger partial charge in [-0.05, 0) is 43.0 Å². The van der Waals surface area contributed by atoms with Crippen molar-refractivity contribution in [3.63, 3.8) is 0 Å². The maximum atomic E-state index is 12.7. The van der Waals surface area contributed by atoms with E-state index in [-0.39, 0.29) is 24.0 Å². The van der Waals surface area contributed by atoms with Crippen molar-refractivity contribution < 1.29 is 9.90 Å². The summed E-state index contributed by atoms with van der Waals surface area (Å²) in [5.41, 5.74) is 1.96. The van der Waals surface area contributed by atoms with E-state index >= 15 is 0 Å². The molecule has 1 saturated carbocycles. The third-order valence-corrected chi connectivity index (χ3v) is 4.48. The summed E-state index contributed by atoms with van der Waals surface area (Å²) < 4.78 is 1.75. The van der Waals surface area contributed by atoms with Crippen molar-refractivity contribution >= 4 is 11.6 Å². The van der Waals surface area contributed by atoms with Crippen LogP contribution in [0.5, 0.6) is 0 Å². The van der Waals surface area contributed by atoms with Crippen molar-refractivity contribution in [2.45, 2.75) is 25.0 Å². The molecule has 1 aliphatic rings. The van der Waals surface area contributed by atoms with Gasteiger partial charge in [0, 0.05) is 18.0 Å². The van der Waals surface area contributed by atoms with Gasteiger partial charge in [0.1, 0.15) is 6.33 Å². The number of nitrogens with one attached hydrogen (secondary N) is 1. The van der Waals surface area contributed by atoms with E-state index in [9.17, 15) is 9.90 Å². The van der Waals surface area contributed by atoms with Crippen LogP contribution in [-0.2, 0) is 0 Å². The van der Waals surface area contributed by atoms with Gasteiger partial charge in [-0.1, -0.05) is 6.07 Å². The van der Waals surface area contributed by atoms with Crippen LogP contribution in [0.4, 0.5) is 0 Å². The minimum Gasteiger partial charge on any atom is -0.393 e. The van der Waals surface area contributed by atoms with Gasteiger partial charge in [0.2, 0.25) is 0 Å². The Labute approximate surface area is 138 Å². The molecule has 0 aromatic carbocycles. The SMILES string of the molecule is O=C(NC(c1ccccn1)C1CC(O)C1)c1ccn2cnnc2c1. The number of aliphatic hydroxyl groups excluding tert-OH is 1. The normalized spacial score (nSPS) is 21.2. The van der Waals surface area contributed by atoms with Crippen molar-refractivity contribution in [2.24, 2.45) is 5.92 Å². The summed E-state index contributed by atoms with van der Waals surface area (Å²) in [6, 6.07) is 8.87. The highest BCUT2D eigenvalue weighted by molar-refractivity contribution is 5.95. The van der Waals surface area contributed by atoms with Crippen LogP contribution in [0.3, 0.4) is 0 Å². The number of aromatic nitrogens is 4. The van der Waals surface area contributed by atoms with E-state index in [0.717, 1.165) is 5.69 Å². The lowest BCUT2D eigenvalue weighted by molar-refractivity contribution is 0.0228. The van der Waals surface area contributed by atoms with E-state index in [0.29, 0.717) is 24.1 Å². The summed E-state index contributed by atoms with van der Waals surface area (Å²) >= 11 is 0. The van der Waals surface area contributed by atoms with Crippen LogP contribution >= 0.6 is 0 Å². The number of fused-ring (bicyclic) bond motifs is 1. The molecule has 0 bridgehead atoms. The standard InChI is InChI=1S/C17H17N5O2/c23-13-7-12(8-13)16(14-3-1-2-5-18-14)20-17(24)11-4-6-22-10-19-21-15(22)9-11/h1-6,9-10,12-13,16,23H,7-8H2,(H,20,24). The Morgan fingerprint density at radius 1 is 1.33 bits per heavy atom. The van der Waals surface area contributed by atoms with Gasteiger partial charge in [-0.2, -0.15) is 0 Å². The van der Waals surface area contributed by atoms with Crippen molar-refractivity contribution in [3.05, 3.63) is 60.3 Å². The number of aliphatic hydroxyl groups is 1. The van der Waals surface area contributed by atoms with E-state index in [2.05, 4.69) is 20.5 Å². The Morgan fingerprint density at radius 2 is 2.21 bits per heavy atom. The average molecular weight is 323 g/mol. The number of hydrogen-bond acceptors (Lipinski definition) is 5. The van der Waals surface area contributed by atoms with Crippen LogP contribution in [0.1, 0.15) is 34.9 Å². The van der Waals surface area contributed by atoms with Crippen LogP contribution in [-0.4, -0.2) is 36.7 Å². The van der Waals surface area contributed by atoms with Gasteiger partial charge < -0.3 is 10.4 Å². The Kier molecular flexibility index (Phi) is 3.70.